The molecule has 2 rings (SSSR count). The van der Waals surface area contributed by atoms with Gasteiger partial charge in [-0.1, -0.05) is 35.9 Å². The fourth-order valence-electron chi connectivity index (χ4n) is 2.25. The van der Waals surface area contributed by atoms with Gasteiger partial charge < -0.3 is 5.32 Å². The van der Waals surface area contributed by atoms with E-state index in [1.54, 1.807) is 0 Å². The van der Waals surface area contributed by atoms with Crippen LogP contribution in [-0.2, 0) is 0 Å². The van der Waals surface area contributed by atoms with Gasteiger partial charge in [-0.2, -0.15) is 0 Å². The number of aryl methyl sites for hydroxylation is 3. The fourth-order valence-corrected chi connectivity index (χ4v) is 2.25. The third kappa shape index (κ3) is 2.59. The van der Waals surface area contributed by atoms with Crippen LogP contribution in [0.15, 0.2) is 36.5 Å². The first-order chi connectivity index (χ1) is 8.61. The highest BCUT2D eigenvalue weighted by molar-refractivity contribution is 5.34. The summed E-state index contributed by atoms with van der Waals surface area (Å²) in [5, 5.41) is 3.35. The number of hydrogen-bond donors (Lipinski definition) is 1. The number of rotatable bonds is 3. The second kappa shape index (κ2) is 5.32. The number of nitrogens with zero attached hydrogens (tertiary/aromatic N) is 1. The molecule has 0 saturated carbocycles. The van der Waals surface area contributed by atoms with Gasteiger partial charge in [0.2, 0.25) is 0 Å². The Hall–Kier alpha value is -1.67. The molecular formula is C16H20N2. The van der Waals surface area contributed by atoms with Crippen molar-refractivity contribution in [3.8, 4) is 0 Å². The summed E-state index contributed by atoms with van der Waals surface area (Å²) in [7, 11) is 1.98. The number of benzene rings is 1. The maximum absolute atomic E-state index is 4.59. The summed E-state index contributed by atoms with van der Waals surface area (Å²) in [4.78, 5) is 4.59. The summed E-state index contributed by atoms with van der Waals surface area (Å²) in [5.74, 6) is 0. The van der Waals surface area contributed by atoms with Crippen molar-refractivity contribution in [1.29, 1.82) is 0 Å². The molecule has 0 aliphatic carbocycles. The van der Waals surface area contributed by atoms with E-state index < -0.39 is 0 Å². The van der Waals surface area contributed by atoms with E-state index in [9.17, 15) is 0 Å². The molecule has 1 atom stereocenters. The van der Waals surface area contributed by atoms with Crippen LogP contribution in [0, 0.1) is 20.8 Å². The summed E-state index contributed by atoms with van der Waals surface area (Å²) >= 11 is 0. The highest BCUT2D eigenvalue weighted by Gasteiger charge is 2.15. The lowest BCUT2D eigenvalue weighted by Crippen LogP contribution is -2.20. The minimum atomic E-state index is 0.159. The highest BCUT2D eigenvalue weighted by atomic mass is 14.9. The second-order valence-electron chi connectivity index (χ2n) is 4.85. The van der Waals surface area contributed by atoms with Gasteiger partial charge in [0.05, 0.1) is 11.7 Å². The van der Waals surface area contributed by atoms with Gasteiger partial charge in [0.1, 0.15) is 0 Å². The molecule has 1 unspecified atom stereocenters. The molecule has 0 aliphatic heterocycles. The Labute approximate surface area is 109 Å². The third-order valence-electron chi connectivity index (χ3n) is 3.23. The van der Waals surface area contributed by atoms with Crippen LogP contribution in [0.3, 0.4) is 0 Å². The Morgan fingerprint density at radius 1 is 1.00 bits per heavy atom. The molecule has 18 heavy (non-hydrogen) atoms. The molecule has 2 aromatic rings. The predicted octanol–water partition coefficient (Wildman–Crippen LogP) is 3.32. The lowest BCUT2D eigenvalue weighted by atomic mass is 9.98. The standard InChI is InChI=1S/C16H20N2/c1-11-5-7-14(8-6-11)16(17-4)15-13(3)9-12(2)10-18-15/h5-10,16-17H,1-4H3. The largest absolute Gasteiger partial charge is 0.308 e. The molecule has 1 heterocycles. The third-order valence-corrected chi connectivity index (χ3v) is 3.23. The lowest BCUT2D eigenvalue weighted by molar-refractivity contribution is 0.665. The van der Waals surface area contributed by atoms with Crippen molar-refractivity contribution in [2.45, 2.75) is 26.8 Å². The molecule has 0 fully saturated rings. The number of aromatic nitrogens is 1. The molecule has 1 aromatic heterocycles. The Balaban J connectivity index is 2.41. The van der Waals surface area contributed by atoms with Gasteiger partial charge in [-0.15, -0.1) is 0 Å². The Morgan fingerprint density at radius 2 is 1.67 bits per heavy atom. The summed E-state index contributed by atoms with van der Waals surface area (Å²) in [6.45, 7) is 6.30. The molecule has 0 amide bonds. The molecule has 0 bridgehead atoms. The van der Waals surface area contributed by atoms with Gasteiger partial charge in [0.15, 0.2) is 0 Å². The topological polar surface area (TPSA) is 24.9 Å². The van der Waals surface area contributed by atoms with Gasteiger partial charge in [0, 0.05) is 6.20 Å². The number of hydrogen-bond acceptors (Lipinski definition) is 2. The monoisotopic (exact) mass is 240 g/mol. The van der Waals surface area contributed by atoms with Crippen molar-refractivity contribution in [2.75, 3.05) is 7.05 Å². The zero-order valence-corrected chi connectivity index (χ0v) is 11.5. The van der Waals surface area contributed by atoms with Crippen LogP contribution in [0.5, 0.6) is 0 Å². The van der Waals surface area contributed by atoms with Crippen molar-refractivity contribution in [2.24, 2.45) is 0 Å². The predicted molar refractivity (Wildman–Crippen MR) is 75.8 cm³/mol. The van der Waals surface area contributed by atoms with Crippen LogP contribution >= 0.6 is 0 Å². The van der Waals surface area contributed by atoms with Crippen LogP contribution in [0.1, 0.15) is 34.0 Å². The van der Waals surface area contributed by atoms with Crippen LogP contribution < -0.4 is 5.32 Å². The minimum Gasteiger partial charge on any atom is -0.308 e. The molecule has 94 valence electrons. The van der Waals surface area contributed by atoms with Crippen LogP contribution in [-0.4, -0.2) is 12.0 Å². The van der Waals surface area contributed by atoms with Gasteiger partial charge in [-0.25, -0.2) is 0 Å². The summed E-state index contributed by atoms with van der Waals surface area (Å²) in [6.07, 6.45) is 1.93. The maximum Gasteiger partial charge on any atom is 0.0751 e. The zero-order chi connectivity index (χ0) is 13.1. The quantitative estimate of drug-likeness (QED) is 0.890. The SMILES string of the molecule is CNC(c1ccc(C)cc1)c1ncc(C)cc1C. The first kappa shape index (κ1) is 12.8. The van der Waals surface area contributed by atoms with Crippen LogP contribution in [0.4, 0.5) is 0 Å². The van der Waals surface area contributed by atoms with Crippen molar-refractivity contribution < 1.29 is 0 Å². The normalized spacial score (nSPS) is 12.4. The highest BCUT2D eigenvalue weighted by Crippen LogP contribution is 2.23. The van der Waals surface area contributed by atoms with Crippen molar-refractivity contribution >= 4 is 0 Å². The van der Waals surface area contributed by atoms with Crippen LogP contribution in [0.25, 0.3) is 0 Å². The van der Waals surface area contributed by atoms with Crippen molar-refractivity contribution in [3.05, 3.63) is 64.5 Å². The van der Waals surface area contributed by atoms with E-state index in [0.29, 0.717) is 0 Å². The van der Waals surface area contributed by atoms with Gasteiger partial charge in [-0.3, -0.25) is 4.98 Å². The van der Waals surface area contributed by atoms with E-state index in [1.165, 1.54) is 22.3 Å². The molecule has 2 heteroatoms. The molecule has 0 spiro atoms. The van der Waals surface area contributed by atoms with E-state index in [2.05, 4.69) is 61.4 Å². The average molecular weight is 240 g/mol. The maximum atomic E-state index is 4.59. The van der Waals surface area contributed by atoms with Crippen molar-refractivity contribution in [1.82, 2.24) is 10.3 Å². The Morgan fingerprint density at radius 3 is 2.22 bits per heavy atom. The summed E-state index contributed by atoms with van der Waals surface area (Å²) in [6, 6.07) is 11.0. The van der Waals surface area contributed by atoms with Gasteiger partial charge in [0.25, 0.3) is 0 Å². The van der Waals surface area contributed by atoms with E-state index in [0.717, 1.165) is 5.69 Å². The van der Waals surface area contributed by atoms with E-state index in [1.807, 2.05) is 13.2 Å². The minimum absolute atomic E-state index is 0.159. The summed E-state index contributed by atoms with van der Waals surface area (Å²) in [5.41, 5.74) is 6.07. The Bertz CT molecular complexity index is 529. The smallest absolute Gasteiger partial charge is 0.0751 e. The molecule has 1 N–H and O–H groups in total. The average Bonchev–Trinajstić information content (AvgIpc) is 2.35. The van der Waals surface area contributed by atoms with E-state index >= 15 is 0 Å². The van der Waals surface area contributed by atoms with Crippen molar-refractivity contribution in [3.63, 3.8) is 0 Å². The fraction of sp³-hybridized carbons (Fsp3) is 0.312. The zero-order valence-electron chi connectivity index (χ0n) is 11.5. The summed E-state index contributed by atoms with van der Waals surface area (Å²) < 4.78 is 0. The Kier molecular flexibility index (Phi) is 3.78. The lowest BCUT2D eigenvalue weighted by Gasteiger charge is -2.18. The second-order valence-corrected chi connectivity index (χ2v) is 4.85. The molecule has 1 aromatic carbocycles. The molecule has 0 aliphatic rings. The molecule has 2 nitrogen and oxygen atoms in total. The van der Waals surface area contributed by atoms with Crippen LogP contribution in [0.2, 0.25) is 0 Å². The molecular weight excluding hydrogens is 220 g/mol. The van der Waals surface area contributed by atoms with Gasteiger partial charge in [-0.05, 0) is 44.5 Å². The molecule has 0 radical (unpaired) electrons. The van der Waals surface area contributed by atoms with E-state index in [-0.39, 0.29) is 6.04 Å². The number of pyridine rings is 1. The van der Waals surface area contributed by atoms with E-state index in [4.69, 9.17) is 0 Å². The van der Waals surface area contributed by atoms with Gasteiger partial charge >= 0.3 is 0 Å². The number of nitrogens with one attached hydrogen (secondary N) is 1. The molecule has 0 saturated heterocycles. The first-order valence-electron chi connectivity index (χ1n) is 6.29. The first-order valence-corrected chi connectivity index (χ1v) is 6.29.